The molecule has 76 valence electrons. The normalized spacial score (nSPS) is 12.7. The molecule has 0 bridgehead atoms. The van der Waals surface area contributed by atoms with Crippen LogP contribution in [-0.4, -0.2) is 24.0 Å². The predicted octanol–water partition coefficient (Wildman–Crippen LogP) is 1.99. The van der Waals surface area contributed by atoms with E-state index in [4.69, 9.17) is 0 Å². The van der Waals surface area contributed by atoms with Gasteiger partial charge in [-0.15, -0.1) is 0 Å². The van der Waals surface area contributed by atoms with Gasteiger partial charge < -0.3 is 4.84 Å². The third-order valence-electron chi connectivity index (χ3n) is 1.39. The second-order valence-electron chi connectivity index (χ2n) is 2.36. The molecule has 3 nitrogen and oxygen atoms in total. The highest BCUT2D eigenvalue weighted by molar-refractivity contribution is 6.03. The zero-order chi connectivity index (χ0) is 10.6. The van der Waals surface area contributed by atoms with Gasteiger partial charge in [-0.1, -0.05) is 5.16 Å². The van der Waals surface area contributed by atoms with Crippen molar-refractivity contribution in [2.75, 3.05) is 7.11 Å². The van der Waals surface area contributed by atoms with Crippen LogP contribution in [0, 0.1) is 0 Å². The molecule has 0 aromatic carbocycles. The van der Waals surface area contributed by atoms with Crippen LogP contribution in [0.5, 0.6) is 0 Å². The summed E-state index contributed by atoms with van der Waals surface area (Å²) in [6.07, 6.45) is -2.09. The summed E-state index contributed by atoms with van der Waals surface area (Å²) in [5.74, 6) is 0. The number of hydrogen-bond donors (Lipinski definition) is 0. The van der Waals surface area contributed by atoms with Gasteiger partial charge in [0.15, 0.2) is 5.71 Å². The van der Waals surface area contributed by atoms with Crippen LogP contribution in [-0.2, 0) is 4.84 Å². The Morgan fingerprint density at radius 2 is 2.21 bits per heavy atom. The number of aromatic nitrogens is 1. The van der Waals surface area contributed by atoms with Gasteiger partial charge in [0.1, 0.15) is 7.11 Å². The van der Waals surface area contributed by atoms with Crippen molar-refractivity contribution >= 4 is 5.71 Å². The van der Waals surface area contributed by atoms with Gasteiger partial charge in [0.2, 0.25) is 0 Å². The molecule has 0 saturated carbocycles. The van der Waals surface area contributed by atoms with E-state index in [2.05, 4.69) is 15.0 Å². The van der Waals surface area contributed by atoms with Gasteiger partial charge in [-0.25, -0.2) is 0 Å². The first-order chi connectivity index (χ1) is 6.55. The van der Waals surface area contributed by atoms with Gasteiger partial charge in [0.05, 0.1) is 0 Å². The zero-order valence-electron chi connectivity index (χ0n) is 7.25. The van der Waals surface area contributed by atoms with E-state index in [1.807, 2.05) is 0 Å². The molecule has 0 fully saturated rings. The molecule has 0 spiro atoms. The summed E-state index contributed by atoms with van der Waals surface area (Å²) in [7, 11) is 1.06. The Morgan fingerprint density at radius 1 is 1.50 bits per heavy atom. The smallest absolute Gasteiger partial charge is 0.399 e. The minimum absolute atomic E-state index is 0.123. The Hall–Kier alpha value is -1.59. The van der Waals surface area contributed by atoms with Crippen molar-refractivity contribution in [3.8, 4) is 0 Å². The maximum atomic E-state index is 12.4. The molecule has 6 heteroatoms. The molecular formula is C8H7F3N2O. The molecule has 0 radical (unpaired) electrons. The summed E-state index contributed by atoms with van der Waals surface area (Å²) in [6.45, 7) is 0. The number of pyridine rings is 1. The van der Waals surface area contributed by atoms with Crippen molar-refractivity contribution < 1.29 is 18.0 Å². The molecule has 0 aliphatic carbocycles. The minimum Gasteiger partial charge on any atom is -0.399 e. The van der Waals surface area contributed by atoms with Crippen molar-refractivity contribution in [2.45, 2.75) is 6.18 Å². The molecule has 0 atom stereocenters. The fourth-order valence-electron chi connectivity index (χ4n) is 0.862. The number of halogens is 3. The molecule has 1 aromatic heterocycles. The molecule has 14 heavy (non-hydrogen) atoms. The van der Waals surface area contributed by atoms with E-state index in [-0.39, 0.29) is 5.56 Å². The monoisotopic (exact) mass is 204 g/mol. The molecule has 1 rings (SSSR count). The summed E-state index contributed by atoms with van der Waals surface area (Å²) in [6, 6.07) is 2.66. The van der Waals surface area contributed by atoms with Gasteiger partial charge in [0, 0.05) is 18.0 Å². The number of alkyl halides is 3. The van der Waals surface area contributed by atoms with Crippen LogP contribution in [0.15, 0.2) is 29.7 Å². The standard InChI is InChI=1S/C8H7F3N2O/c1-14-13-7(8(9,10)11)6-3-2-4-12-5-6/h2-5H,1H3/b13-7-. The Balaban J connectivity index is 3.09. The summed E-state index contributed by atoms with van der Waals surface area (Å²) in [4.78, 5) is 7.69. The second kappa shape index (κ2) is 4.08. The highest BCUT2D eigenvalue weighted by Gasteiger charge is 2.37. The average Bonchev–Trinajstić information content (AvgIpc) is 2.14. The maximum Gasteiger partial charge on any atom is 0.437 e. The van der Waals surface area contributed by atoms with Crippen LogP contribution in [0.3, 0.4) is 0 Å². The van der Waals surface area contributed by atoms with Gasteiger partial charge in [-0.2, -0.15) is 13.2 Å². The quantitative estimate of drug-likeness (QED) is 0.545. The summed E-state index contributed by atoms with van der Waals surface area (Å²) in [5.41, 5.74) is -1.21. The van der Waals surface area contributed by atoms with Gasteiger partial charge in [0.25, 0.3) is 0 Å². The highest BCUT2D eigenvalue weighted by Crippen LogP contribution is 2.22. The van der Waals surface area contributed by atoms with Crippen LogP contribution in [0.2, 0.25) is 0 Å². The third-order valence-corrected chi connectivity index (χ3v) is 1.39. The lowest BCUT2D eigenvalue weighted by molar-refractivity contribution is -0.0608. The van der Waals surface area contributed by atoms with Crippen molar-refractivity contribution in [3.63, 3.8) is 0 Å². The fourth-order valence-corrected chi connectivity index (χ4v) is 0.862. The van der Waals surface area contributed by atoms with Crippen LogP contribution >= 0.6 is 0 Å². The topological polar surface area (TPSA) is 34.5 Å². The Morgan fingerprint density at radius 3 is 2.64 bits per heavy atom. The largest absolute Gasteiger partial charge is 0.437 e. The van der Waals surface area contributed by atoms with Crippen molar-refractivity contribution in [3.05, 3.63) is 30.1 Å². The van der Waals surface area contributed by atoms with E-state index in [1.165, 1.54) is 18.3 Å². The third kappa shape index (κ3) is 2.45. The van der Waals surface area contributed by atoms with Crippen LogP contribution in [0.4, 0.5) is 13.2 Å². The lowest BCUT2D eigenvalue weighted by atomic mass is 10.2. The van der Waals surface area contributed by atoms with Gasteiger partial charge >= 0.3 is 6.18 Å². The summed E-state index contributed by atoms with van der Waals surface area (Å²) >= 11 is 0. The van der Waals surface area contributed by atoms with E-state index < -0.39 is 11.9 Å². The van der Waals surface area contributed by atoms with Gasteiger partial charge in [-0.05, 0) is 12.1 Å². The minimum atomic E-state index is -4.54. The maximum absolute atomic E-state index is 12.4. The summed E-state index contributed by atoms with van der Waals surface area (Å²) < 4.78 is 37.1. The Kier molecular flexibility index (Phi) is 3.06. The van der Waals surface area contributed by atoms with Crippen molar-refractivity contribution in [1.29, 1.82) is 0 Å². The fraction of sp³-hybridized carbons (Fsp3) is 0.250. The van der Waals surface area contributed by atoms with Gasteiger partial charge in [-0.3, -0.25) is 4.98 Å². The number of rotatable bonds is 2. The van der Waals surface area contributed by atoms with E-state index in [9.17, 15) is 13.2 Å². The van der Waals surface area contributed by atoms with Crippen LogP contribution < -0.4 is 0 Å². The number of hydrogen-bond acceptors (Lipinski definition) is 3. The zero-order valence-corrected chi connectivity index (χ0v) is 7.25. The average molecular weight is 204 g/mol. The summed E-state index contributed by atoms with van der Waals surface area (Å²) in [5, 5.41) is 2.92. The first-order valence-corrected chi connectivity index (χ1v) is 3.64. The van der Waals surface area contributed by atoms with E-state index >= 15 is 0 Å². The Bertz CT molecular complexity index is 321. The Labute approximate surface area is 78.2 Å². The number of oxime groups is 1. The highest BCUT2D eigenvalue weighted by atomic mass is 19.4. The van der Waals surface area contributed by atoms with Crippen LogP contribution in [0.25, 0.3) is 0 Å². The first kappa shape index (κ1) is 10.5. The molecule has 1 aromatic rings. The number of nitrogens with zero attached hydrogens (tertiary/aromatic N) is 2. The molecule has 0 amide bonds. The van der Waals surface area contributed by atoms with Crippen molar-refractivity contribution in [1.82, 2.24) is 4.98 Å². The SMILES string of the molecule is CO/N=C(/c1cccnc1)C(F)(F)F. The predicted molar refractivity (Wildman–Crippen MR) is 43.8 cm³/mol. The van der Waals surface area contributed by atoms with E-state index in [0.717, 1.165) is 13.3 Å². The lowest BCUT2D eigenvalue weighted by Gasteiger charge is -2.08. The second-order valence-corrected chi connectivity index (χ2v) is 2.36. The molecule has 0 aliphatic rings. The molecule has 0 N–H and O–H groups in total. The van der Waals surface area contributed by atoms with Crippen LogP contribution in [0.1, 0.15) is 5.56 Å². The lowest BCUT2D eigenvalue weighted by Crippen LogP contribution is -2.24. The molecule has 1 heterocycles. The van der Waals surface area contributed by atoms with Crippen molar-refractivity contribution in [2.24, 2.45) is 5.16 Å². The molecule has 0 aliphatic heterocycles. The van der Waals surface area contributed by atoms with E-state index in [0.29, 0.717) is 0 Å². The first-order valence-electron chi connectivity index (χ1n) is 3.64. The molecule has 0 saturated heterocycles. The molecular weight excluding hydrogens is 197 g/mol. The van der Waals surface area contributed by atoms with E-state index in [1.54, 1.807) is 0 Å². The molecule has 0 unspecified atom stereocenters.